The Labute approximate surface area is 162 Å². The van der Waals surface area contributed by atoms with Gasteiger partial charge in [-0.1, -0.05) is 48.4 Å². The second-order valence-corrected chi connectivity index (χ2v) is 8.28. The van der Waals surface area contributed by atoms with Gasteiger partial charge in [0.25, 0.3) is 0 Å². The van der Waals surface area contributed by atoms with Crippen LogP contribution in [0.4, 0.5) is 5.13 Å². The molecule has 3 aromatic rings. The number of unbranched alkanes of at least 4 members (excludes halogenated alkanes) is 1. The Morgan fingerprint density at radius 1 is 1.19 bits per heavy atom. The Hall–Kier alpha value is -2.05. The monoisotopic (exact) mass is 385 g/mol. The van der Waals surface area contributed by atoms with Gasteiger partial charge in [0.2, 0.25) is 11.0 Å². The van der Waals surface area contributed by atoms with Gasteiger partial charge >= 0.3 is 0 Å². The van der Waals surface area contributed by atoms with Gasteiger partial charge in [-0.25, -0.2) is 4.98 Å². The first-order valence-corrected chi connectivity index (χ1v) is 10.6. The molecule has 1 heterocycles. The molecule has 1 amide bonds. The Morgan fingerprint density at radius 2 is 2.00 bits per heavy atom. The summed E-state index contributed by atoms with van der Waals surface area (Å²) >= 11 is 3.08. The molecule has 26 heavy (non-hydrogen) atoms. The van der Waals surface area contributed by atoms with Crippen molar-refractivity contribution in [2.45, 2.75) is 38.0 Å². The van der Waals surface area contributed by atoms with Crippen molar-refractivity contribution in [1.29, 1.82) is 0 Å². The molecule has 0 radical (unpaired) electrons. The molecule has 0 saturated carbocycles. The van der Waals surface area contributed by atoms with E-state index in [0.29, 0.717) is 10.9 Å². The molecular weight excluding hydrogens is 362 g/mol. The number of carbonyl (C=O) groups is 1. The van der Waals surface area contributed by atoms with Crippen molar-refractivity contribution in [1.82, 2.24) is 10.4 Å². The third-order valence-corrected chi connectivity index (χ3v) is 5.92. The van der Waals surface area contributed by atoms with Crippen LogP contribution in [0.25, 0.3) is 10.2 Å². The minimum atomic E-state index is -0.0709. The van der Waals surface area contributed by atoms with E-state index in [2.05, 4.69) is 47.9 Å². The molecule has 2 N–H and O–H groups in total. The van der Waals surface area contributed by atoms with Crippen LogP contribution in [0.5, 0.6) is 0 Å². The predicted octanol–water partition coefficient (Wildman–Crippen LogP) is 5.18. The molecule has 2 aromatic carbocycles. The highest BCUT2D eigenvalue weighted by molar-refractivity contribution is 8.00. The first-order chi connectivity index (χ1) is 12.6. The molecule has 0 bridgehead atoms. The zero-order chi connectivity index (χ0) is 18.4. The number of anilines is 1. The van der Waals surface area contributed by atoms with Crippen molar-refractivity contribution in [3.8, 4) is 0 Å². The van der Waals surface area contributed by atoms with Crippen molar-refractivity contribution in [2.24, 2.45) is 0 Å². The lowest BCUT2D eigenvalue weighted by Crippen LogP contribution is -2.30. The number of aromatic nitrogens is 1. The fourth-order valence-corrected chi connectivity index (χ4v) is 4.08. The number of hydrazine groups is 1. The van der Waals surface area contributed by atoms with E-state index in [1.54, 1.807) is 11.3 Å². The van der Waals surface area contributed by atoms with Gasteiger partial charge in [0.15, 0.2) is 0 Å². The first-order valence-electron chi connectivity index (χ1n) is 8.78. The van der Waals surface area contributed by atoms with Crippen LogP contribution in [0.1, 0.15) is 30.9 Å². The summed E-state index contributed by atoms with van der Waals surface area (Å²) in [5.41, 5.74) is 9.18. The Bertz CT molecular complexity index is 874. The van der Waals surface area contributed by atoms with Crippen LogP contribution in [0.3, 0.4) is 0 Å². The van der Waals surface area contributed by atoms with Crippen LogP contribution in [-0.2, 0) is 11.2 Å². The Morgan fingerprint density at radius 3 is 2.77 bits per heavy atom. The zero-order valence-corrected chi connectivity index (χ0v) is 16.7. The van der Waals surface area contributed by atoms with Gasteiger partial charge in [0.05, 0.1) is 16.0 Å². The molecule has 0 fully saturated rings. The van der Waals surface area contributed by atoms with E-state index in [4.69, 9.17) is 0 Å². The van der Waals surface area contributed by atoms with Gasteiger partial charge in [-0.2, -0.15) is 0 Å². The highest BCUT2D eigenvalue weighted by Crippen LogP contribution is 2.27. The number of thioether (sulfide) groups is 1. The largest absolute Gasteiger partial charge is 0.273 e. The van der Waals surface area contributed by atoms with Gasteiger partial charge in [-0.3, -0.25) is 15.6 Å². The summed E-state index contributed by atoms with van der Waals surface area (Å²) in [6.07, 6.45) is 3.49. The number of fused-ring (bicyclic) bond motifs is 1. The molecule has 1 aromatic heterocycles. The minimum absolute atomic E-state index is 0.0709. The van der Waals surface area contributed by atoms with E-state index in [-0.39, 0.29) is 5.91 Å². The van der Waals surface area contributed by atoms with Crippen molar-refractivity contribution < 1.29 is 4.79 Å². The number of hydrogen-bond acceptors (Lipinski definition) is 5. The second-order valence-electron chi connectivity index (χ2n) is 6.20. The topological polar surface area (TPSA) is 54.0 Å². The number of benzene rings is 2. The number of nitrogens with one attached hydrogen (secondary N) is 2. The van der Waals surface area contributed by atoms with Crippen LogP contribution in [-0.4, -0.2) is 16.6 Å². The molecule has 3 rings (SSSR count). The van der Waals surface area contributed by atoms with Gasteiger partial charge in [0.1, 0.15) is 0 Å². The van der Waals surface area contributed by atoms with Gasteiger partial charge in [-0.15, -0.1) is 11.8 Å². The van der Waals surface area contributed by atoms with Crippen LogP contribution in [0, 0.1) is 6.92 Å². The Balaban J connectivity index is 1.51. The summed E-state index contributed by atoms with van der Waals surface area (Å²) in [4.78, 5) is 17.6. The van der Waals surface area contributed by atoms with Gasteiger partial charge in [-0.05, 0) is 49.6 Å². The molecule has 0 saturated heterocycles. The average molecular weight is 386 g/mol. The zero-order valence-electron chi connectivity index (χ0n) is 15.0. The fourth-order valence-electron chi connectivity index (χ4n) is 2.50. The first kappa shape index (κ1) is 18.7. The van der Waals surface area contributed by atoms with E-state index in [0.717, 1.165) is 21.5 Å². The maximum atomic E-state index is 12.0. The molecule has 0 aliphatic heterocycles. The number of nitrogens with zero attached hydrogens (tertiary/aromatic N) is 1. The van der Waals surface area contributed by atoms with E-state index >= 15 is 0 Å². The highest BCUT2D eigenvalue weighted by Gasteiger charge is 2.07. The van der Waals surface area contributed by atoms with Crippen LogP contribution >= 0.6 is 23.1 Å². The normalized spacial score (nSPS) is 10.8. The molecule has 0 atom stereocenters. The van der Waals surface area contributed by atoms with Gasteiger partial charge in [0, 0.05) is 4.90 Å². The maximum absolute atomic E-state index is 12.0. The van der Waals surface area contributed by atoms with Crippen molar-refractivity contribution in [2.75, 3.05) is 11.2 Å². The third-order valence-electron chi connectivity index (χ3n) is 3.97. The number of aryl methyl sites for hydroxylation is 2. The lowest BCUT2D eigenvalue weighted by atomic mass is 10.1. The number of carbonyl (C=O) groups excluding carboxylic acids is 1. The summed E-state index contributed by atoms with van der Waals surface area (Å²) in [5.74, 6) is 0.292. The summed E-state index contributed by atoms with van der Waals surface area (Å²) in [7, 11) is 0. The standard InChI is InChI=1S/C20H23N3OS2/c1-3-4-5-15-8-11-17-18(12-15)26-20(21-17)23-22-19(24)13-25-16-9-6-14(2)7-10-16/h6-12H,3-5,13H2,1-2H3,(H,21,23)(H,22,24). The summed E-state index contributed by atoms with van der Waals surface area (Å²) in [6.45, 7) is 4.25. The quantitative estimate of drug-likeness (QED) is 0.414. The maximum Gasteiger partial charge on any atom is 0.248 e. The third kappa shape index (κ3) is 5.22. The number of thiazole rings is 1. The van der Waals surface area contributed by atoms with Crippen molar-refractivity contribution in [3.05, 3.63) is 53.6 Å². The molecule has 0 unspecified atom stereocenters. The molecule has 6 heteroatoms. The van der Waals surface area contributed by atoms with Crippen LogP contribution < -0.4 is 10.9 Å². The summed E-state index contributed by atoms with van der Waals surface area (Å²) < 4.78 is 1.14. The SMILES string of the molecule is CCCCc1ccc2nc(NNC(=O)CSc3ccc(C)cc3)sc2c1. The molecular formula is C20H23N3OS2. The lowest BCUT2D eigenvalue weighted by Gasteiger charge is -2.05. The highest BCUT2D eigenvalue weighted by atomic mass is 32.2. The smallest absolute Gasteiger partial charge is 0.248 e. The summed E-state index contributed by atoms with van der Waals surface area (Å²) in [6, 6.07) is 14.6. The predicted molar refractivity (Wildman–Crippen MR) is 112 cm³/mol. The lowest BCUT2D eigenvalue weighted by molar-refractivity contribution is -0.118. The molecule has 0 aliphatic carbocycles. The molecule has 4 nitrogen and oxygen atoms in total. The molecule has 0 aliphatic rings. The van der Waals surface area contributed by atoms with Gasteiger partial charge < -0.3 is 0 Å². The second kappa shape index (κ2) is 9.05. The van der Waals surface area contributed by atoms with Crippen LogP contribution in [0.2, 0.25) is 0 Å². The van der Waals surface area contributed by atoms with E-state index < -0.39 is 0 Å². The number of hydrogen-bond donors (Lipinski definition) is 2. The van der Waals surface area contributed by atoms with E-state index in [1.165, 1.54) is 35.7 Å². The van der Waals surface area contributed by atoms with E-state index in [1.807, 2.05) is 24.3 Å². The van der Waals surface area contributed by atoms with Crippen molar-refractivity contribution in [3.63, 3.8) is 0 Å². The molecule has 136 valence electrons. The minimum Gasteiger partial charge on any atom is -0.273 e. The molecule has 0 spiro atoms. The average Bonchev–Trinajstić information content (AvgIpc) is 3.06. The van der Waals surface area contributed by atoms with E-state index in [9.17, 15) is 4.79 Å². The Kier molecular flexibility index (Phi) is 6.52. The summed E-state index contributed by atoms with van der Waals surface area (Å²) in [5, 5.41) is 0.710. The fraction of sp³-hybridized carbons (Fsp3) is 0.300. The van der Waals surface area contributed by atoms with Crippen molar-refractivity contribution >= 4 is 44.4 Å². The number of amides is 1. The number of rotatable bonds is 8. The van der Waals surface area contributed by atoms with Crippen LogP contribution in [0.15, 0.2) is 47.4 Å².